The molecule has 0 radical (unpaired) electrons. The molecule has 1 fully saturated rings. The van der Waals surface area contributed by atoms with E-state index in [0.717, 1.165) is 29.7 Å². The van der Waals surface area contributed by atoms with Gasteiger partial charge in [-0.1, -0.05) is 37.3 Å². The average molecular weight is 421 g/mol. The monoisotopic (exact) mass is 420 g/mol. The lowest BCUT2D eigenvalue weighted by Crippen LogP contribution is -2.38. The van der Waals surface area contributed by atoms with E-state index >= 15 is 0 Å². The number of sulfonamides is 1. The molecule has 1 aromatic heterocycles. The Bertz CT molecular complexity index is 887. The van der Waals surface area contributed by atoms with Crippen LogP contribution in [0.1, 0.15) is 43.6 Å². The van der Waals surface area contributed by atoms with Gasteiger partial charge in [0.2, 0.25) is 5.91 Å². The van der Waals surface area contributed by atoms with Gasteiger partial charge in [-0.3, -0.25) is 4.79 Å². The van der Waals surface area contributed by atoms with E-state index in [9.17, 15) is 13.2 Å². The summed E-state index contributed by atoms with van der Waals surface area (Å²) in [6.45, 7) is 5.88. The molecule has 0 N–H and O–H groups in total. The summed E-state index contributed by atoms with van der Waals surface area (Å²) in [6.07, 6.45) is 2.94. The third-order valence-corrected chi connectivity index (χ3v) is 8.71. The quantitative estimate of drug-likeness (QED) is 0.651. The summed E-state index contributed by atoms with van der Waals surface area (Å²) in [5, 5.41) is 0. The molecular formula is C21H28N2O3S2. The van der Waals surface area contributed by atoms with E-state index in [1.807, 2.05) is 35.2 Å². The zero-order valence-electron chi connectivity index (χ0n) is 16.5. The molecule has 1 atom stereocenters. The molecule has 1 amide bonds. The van der Waals surface area contributed by atoms with E-state index in [1.165, 1.54) is 11.3 Å². The van der Waals surface area contributed by atoms with Crippen LogP contribution in [0.5, 0.6) is 0 Å². The molecule has 152 valence electrons. The van der Waals surface area contributed by atoms with Crippen molar-refractivity contribution in [3.63, 3.8) is 0 Å². The molecule has 1 aliphatic heterocycles. The minimum atomic E-state index is -3.42. The Morgan fingerprint density at radius 3 is 2.46 bits per heavy atom. The first-order valence-electron chi connectivity index (χ1n) is 9.84. The number of thiophene rings is 1. The number of carbonyl (C=O) groups is 1. The lowest BCUT2D eigenvalue weighted by molar-refractivity contribution is -0.133. The topological polar surface area (TPSA) is 57.7 Å². The highest BCUT2D eigenvalue weighted by Crippen LogP contribution is 2.28. The molecule has 0 bridgehead atoms. The van der Waals surface area contributed by atoms with Crippen molar-refractivity contribution in [3.8, 4) is 0 Å². The number of hydrogen-bond acceptors (Lipinski definition) is 4. The molecule has 1 aliphatic rings. The van der Waals surface area contributed by atoms with Gasteiger partial charge in [-0.25, -0.2) is 8.42 Å². The SMILES string of the molecule is CCC(C)N(Cc1ccccc1)C(=O)Cc1ccc(S(=O)(=O)N2CCCC2)s1. The van der Waals surface area contributed by atoms with E-state index in [2.05, 4.69) is 13.8 Å². The van der Waals surface area contributed by atoms with Crippen molar-refractivity contribution < 1.29 is 13.2 Å². The minimum absolute atomic E-state index is 0.0326. The number of benzene rings is 1. The second-order valence-corrected chi connectivity index (χ2v) is 10.6. The van der Waals surface area contributed by atoms with Gasteiger partial charge in [0, 0.05) is 30.6 Å². The van der Waals surface area contributed by atoms with E-state index in [4.69, 9.17) is 0 Å². The molecule has 2 aromatic rings. The fourth-order valence-electron chi connectivity index (χ4n) is 3.39. The van der Waals surface area contributed by atoms with Crippen molar-refractivity contribution in [3.05, 3.63) is 52.9 Å². The molecule has 0 aliphatic carbocycles. The number of rotatable bonds is 8. The molecule has 7 heteroatoms. The van der Waals surface area contributed by atoms with Gasteiger partial charge in [0.05, 0.1) is 6.42 Å². The second-order valence-electron chi connectivity index (χ2n) is 7.27. The van der Waals surface area contributed by atoms with Gasteiger partial charge >= 0.3 is 0 Å². The first-order valence-corrected chi connectivity index (χ1v) is 12.1. The predicted octanol–water partition coefficient (Wildman–Crippen LogP) is 3.90. The first kappa shape index (κ1) is 21.0. The zero-order valence-corrected chi connectivity index (χ0v) is 18.1. The highest BCUT2D eigenvalue weighted by Gasteiger charge is 2.29. The summed E-state index contributed by atoms with van der Waals surface area (Å²) in [5.41, 5.74) is 1.10. The lowest BCUT2D eigenvalue weighted by Gasteiger charge is -2.28. The average Bonchev–Trinajstić information content (AvgIpc) is 3.39. The predicted molar refractivity (Wildman–Crippen MR) is 113 cm³/mol. The summed E-state index contributed by atoms with van der Waals surface area (Å²) in [4.78, 5) is 15.7. The van der Waals surface area contributed by atoms with E-state index < -0.39 is 10.0 Å². The highest BCUT2D eigenvalue weighted by molar-refractivity contribution is 7.91. The molecule has 0 saturated carbocycles. The first-order chi connectivity index (χ1) is 13.4. The van der Waals surface area contributed by atoms with Gasteiger partial charge in [0.15, 0.2) is 0 Å². The van der Waals surface area contributed by atoms with Crippen molar-refractivity contribution in [2.45, 2.75) is 56.3 Å². The van der Waals surface area contributed by atoms with Crippen LogP contribution in [-0.2, 0) is 27.8 Å². The van der Waals surface area contributed by atoms with Crippen molar-refractivity contribution >= 4 is 27.3 Å². The molecule has 1 aromatic carbocycles. The van der Waals surface area contributed by atoms with Gasteiger partial charge < -0.3 is 4.90 Å². The van der Waals surface area contributed by atoms with Crippen LogP contribution in [0.15, 0.2) is 46.7 Å². The second kappa shape index (κ2) is 9.20. The largest absolute Gasteiger partial charge is 0.335 e. The van der Waals surface area contributed by atoms with Gasteiger partial charge in [-0.05, 0) is 43.9 Å². The van der Waals surface area contributed by atoms with Crippen LogP contribution in [0.3, 0.4) is 0 Å². The van der Waals surface area contributed by atoms with Crippen LogP contribution in [0.4, 0.5) is 0 Å². The minimum Gasteiger partial charge on any atom is -0.335 e. The highest BCUT2D eigenvalue weighted by atomic mass is 32.2. The zero-order chi connectivity index (χ0) is 20.1. The van der Waals surface area contributed by atoms with Crippen LogP contribution in [0.25, 0.3) is 0 Å². The third-order valence-electron chi connectivity index (χ3n) is 5.26. The fourth-order valence-corrected chi connectivity index (χ4v) is 6.41. The summed E-state index contributed by atoms with van der Waals surface area (Å²) in [7, 11) is -3.42. The lowest BCUT2D eigenvalue weighted by atomic mass is 10.1. The molecular weight excluding hydrogens is 392 g/mol. The van der Waals surface area contributed by atoms with E-state index in [-0.39, 0.29) is 18.4 Å². The Hall–Kier alpha value is -1.70. The van der Waals surface area contributed by atoms with Crippen LogP contribution < -0.4 is 0 Å². The number of carbonyl (C=O) groups excluding carboxylic acids is 1. The fraction of sp³-hybridized carbons (Fsp3) is 0.476. The van der Waals surface area contributed by atoms with Gasteiger partial charge in [0.25, 0.3) is 10.0 Å². The Morgan fingerprint density at radius 2 is 1.82 bits per heavy atom. The molecule has 2 heterocycles. The maximum absolute atomic E-state index is 13.0. The smallest absolute Gasteiger partial charge is 0.252 e. The molecule has 3 rings (SSSR count). The molecule has 5 nitrogen and oxygen atoms in total. The standard InChI is InChI=1S/C21H28N2O3S2/c1-3-17(2)23(16-18-9-5-4-6-10-18)20(24)15-19-11-12-21(27-19)28(25,26)22-13-7-8-14-22/h4-6,9-12,17H,3,7-8,13-16H2,1-2H3. The van der Waals surface area contributed by atoms with Gasteiger partial charge in [-0.15, -0.1) is 11.3 Å². The Kier molecular flexibility index (Phi) is 6.91. The summed E-state index contributed by atoms with van der Waals surface area (Å²) < 4.78 is 27.3. The van der Waals surface area contributed by atoms with Crippen LogP contribution in [0, 0.1) is 0 Å². The number of hydrogen-bond donors (Lipinski definition) is 0. The van der Waals surface area contributed by atoms with Gasteiger partial charge in [0.1, 0.15) is 4.21 Å². The number of nitrogens with zero attached hydrogens (tertiary/aromatic N) is 2. The third kappa shape index (κ3) is 4.82. The molecule has 1 saturated heterocycles. The normalized spacial score (nSPS) is 16.2. The van der Waals surface area contributed by atoms with Crippen molar-refractivity contribution in [2.24, 2.45) is 0 Å². The van der Waals surface area contributed by atoms with Crippen molar-refractivity contribution in [1.29, 1.82) is 0 Å². The van der Waals surface area contributed by atoms with Crippen molar-refractivity contribution in [1.82, 2.24) is 9.21 Å². The van der Waals surface area contributed by atoms with E-state index in [0.29, 0.717) is 23.8 Å². The van der Waals surface area contributed by atoms with Crippen LogP contribution in [0.2, 0.25) is 0 Å². The Labute approximate surface area is 172 Å². The molecule has 1 unspecified atom stereocenters. The number of amides is 1. The Morgan fingerprint density at radius 1 is 1.14 bits per heavy atom. The van der Waals surface area contributed by atoms with Crippen LogP contribution >= 0.6 is 11.3 Å². The molecule has 28 heavy (non-hydrogen) atoms. The molecule has 0 spiro atoms. The summed E-state index contributed by atoms with van der Waals surface area (Å²) in [6, 6.07) is 13.5. The van der Waals surface area contributed by atoms with E-state index in [1.54, 1.807) is 16.4 Å². The van der Waals surface area contributed by atoms with Crippen LogP contribution in [-0.4, -0.2) is 42.7 Å². The van der Waals surface area contributed by atoms with Gasteiger partial charge in [-0.2, -0.15) is 4.31 Å². The maximum atomic E-state index is 13.0. The summed E-state index contributed by atoms with van der Waals surface area (Å²) in [5.74, 6) is 0.0326. The summed E-state index contributed by atoms with van der Waals surface area (Å²) >= 11 is 1.22. The Balaban J connectivity index is 1.72. The maximum Gasteiger partial charge on any atom is 0.252 e. The van der Waals surface area contributed by atoms with Crippen molar-refractivity contribution in [2.75, 3.05) is 13.1 Å².